The van der Waals surface area contributed by atoms with Gasteiger partial charge in [-0.25, -0.2) is 4.98 Å². The Bertz CT molecular complexity index is 910. The average Bonchev–Trinajstić information content (AvgIpc) is 3.16. The molecule has 2 aromatic heterocycles. The van der Waals surface area contributed by atoms with Gasteiger partial charge in [-0.2, -0.15) is 0 Å². The standard InChI is InChI=1S/C19H18N4O3S/c1-2-26-14-5-3-13(4-6-14)11-22-19(25)17-15(7-10-27-17)23-18(24)16-12-20-8-9-21-16/h3-10,12H,2,11H2,1H3,(H,22,25)(H,23,24). The van der Waals surface area contributed by atoms with E-state index in [1.807, 2.05) is 31.2 Å². The SMILES string of the molecule is CCOc1ccc(CNC(=O)c2sccc2NC(=O)c2cnccn2)cc1. The lowest BCUT2D eigenvalue weighted by Crippen LogP contribution is -2.23. The molecule has 2 N–H and O–H groups in total. The van der Waals surface area contributed by atoms with Crippen molar-refractivity contribution in [3.8, 4) is 5.75 Å². The molecule has 0 saturated carbocycles. The zero-order valence-corrected chi connectivity index (χ0v) is 15.5. The predicted molar refractivity (Wildman–Crippen MR) is 103 cm³/mol. The number of anilines is 1. The Balaban J connectivity index is 1.61. The summed E-state index contributed by atoms with van der Waals surface area (Å²) in [6, 6.07) is 9.21. The number of carbonyl (C=O) groups is 2. The van der Waals surface area contributed by atoms with Crippen LogP contribution in [0.4, 0.5) is 5.69 Å². The fourth-order valence-corrected chi connectivity index (χ4v) is 3.08. The van der Waals surface area contributed by atoms with Gasteiger partial charge in [-0.15, -0.1) is 11.3 Å². The Morgan fingerprint density at radius 3 is 2.63 bits per heavy atom. The minimum atomic E-state index is -0.415. The van der Waals surface area contributed by atoms with Crippen molar-refractivity contribution < 1.29 is 14.3 Å². The molecule has 0 saturated heterocycles. The van der Waals surface area contributed by atoms with E-state index in [1.165, 1.54) is 29.9 Å². The lowest BCUT2D eigenvalue weighted by molar-refractivity contribution is 0.0956. The van der Waals surface area contributed by atoms with Gasteiger partial charge in [0.25, 0.3) is 11.8 Å². The molecule has 0 atom stereocenters. The number of rotatable bonds is 7. The number of hydrogen-bond acceptors (Lipinski definition) is 6. The molecule has 3 rings (SSSR count). The number of nitrogens with one attached hydrogen (secondary N) is 2. The van der Waals surface area contributed by atoms with E-state index in [0.717, 1.165) is 11.3 Å². The summed E-state index contributed by atoms with van der Waals surface area (Å²) in [7, 11) is 0. The van der Waals surface area contributed by atoms with Crippen molar-refractivity contribution in [3.05, 3.63) is 70.4 Å². The van der Waals surface area contributed by atoms with Gasteiger partial charge in [0, 0.05) is 18.9 Å². The maximum atomic E-state index is 12.5. The number of amides is 2. The highest BCUT2D eigenvalue weighted by Crippen LogP contribution is 2.23. The number of thiophene rings is 1. The van der Waals surface area contributed by atoms with Crippen molar-refractivity contribution in [3.63, 3.8) is 0 Å². The molecule has 3 aromatic rings. The van der Waals surface area contributed by atoms with Crippen molar-refractivity contribution in [2.45, 2.75) is 13.5 Å². The first-order chi connectivity index (χ1) is 13.2. The number of hydrogen-bond donors (Lipinski definition) is 2. The summed E-state index contributed by atoms with van der Waals surface area (Å²) < 4.78 is 5.40. The van der Waals surface area contributed by atoms with Crippen LogP contribution in [-0.2, 0) is 6.54 Å². The summed E-state index contributed by atoms with van der Waals surface area (Å²) in [5.74, 6) is 0.121. The second-order valence-corrected chi connectivity index (χ2v) is 6.38. The van der Waals surface area contributed by atoms with Gasteiger partial charge in [0.2, 0.25) is 0 Å². The quantitative estimate of drug-likeness (QED) is 0.655. The summed E-state index contributed by atoms with van der Waals surface area (Å²) in [6.45, 7) is 2.91. The molecule has 0 radical (unpaired) electrons. The van der Waals surface area contributed by atoms with Crippen LogP contribution in [0.5, 0.6) is 5.75 Å². The van der Waals surface area contributed by atoms with Crippen LogP contribution in [0.3, 0.4) is 0 Å². The molecule has 0 fully saturated rings. The third-order valence-electron chi connectivity index (χ3n) is 3.60. The van der Waals surface area contributed by atoms with E-state index < -0.39 is 5.91 Å². The highest BCUT2D eigenvalue weighted by molar-refractivity contribution is 7.12. The fraction of sp³-hybridized carbons (Fsp3) is 0.158. The third kappa shape index (κ3) is 4.89. The minimum absolute atomic E-state index is 0.185. The van der Waals surface area contributed by atoms with E-state index in [4.69, 9.17) is 4.74 Å². The average molecular weight is 382 g/mol. The second-order valence-electron chi connectivity index (χ2n) is 5.47. The van der Waals surface area contributed by atoms with Gasteiger partial charge in [0.1, 0.15) is 16.3 Å². The predicted octanol–water partition coefficient (Wildman–Crippen LogP) is 3.12. The number of nitrogens with zero attached hydrogens (tertiary/aromatic N) is 2. The van der Waals surface area contributed by atoms with E-state index in [0.29, 0.717) is 23.7 Å². The van der Waals surface area contributed by atoms with E-state index >= 15 is 0 Å². The van der Waals surface area contributed by atoms with Crippen LogP contribution in [0.1, 0.15) is 32.6 Å². The van der Waals surface area contributed by atoms with Crippen molar-refractivity contribution in [1.29, 1.82) is 0 Å². The first-order valence-corrected chi connectivity index (χ1v) is 9.20. The Hall–Kier alpha value is -3.26. The molecule has 2 amide bonds. The first kappa shape index (κ1) is 18.5. The topological polar surface area (TPSA) is 93.2 Å². The lowest BCUT2D eigenvalue weighted by Gasteiger charge is -2.08. The van der Waals surface area contributed by atoms with Crippen LogP contribution in [-0.4, -0.2) is 28.4 Å². The maximum Gasteiger partial charge on any atom is 0.275 e. The molecule has 2 heterocycles. The van der Waals surface area contributed by atoms with Crippen LogP contribution >= 0.6 is 11.3 Å². The van der Waals surface area contributed by atoms with Gasteiger partial charge >= 0.3 is 0 Å². The molecule has 0 aliphatic carbocycles. The first-order valence-electron chi connectivity index (χ1n) is 8.32. The van der Waals surface area contributed by atoms with Gasteiger partial charge in [-0.1, -0.05) is 12.1 Å². The van der Waals surface area contributed by atoms with E-state index in [9.17, 15) is 9.59 Å². The number of aromatic nitrogens is 2. The normalized spacial score (nSPS) is 10.3. The third-order valence-corrected chi connectivity index (χ3v) is 4.52. The molecule has 0 spiro atoms. The van der Waals surface area contributed by atoms with Crippen LogP contribution in [0, 0.1) is 0 Å². The fourth-order valence-electron chi connectivity index (χ4n) is 2.32. The molecular formula is C19H18N4O3S. The summed E-state index contributed by atoms with van der Waals surface area (Å²) in [6.07, 6.45) is 4.29. The van der Waals surface area contributed by atoms with Gasteiger partial charge in [0.15, 0.2) is 0 Å². The summed E-state index contributed by atoms with van der Waals surface area (Å²) in [4.78, 5) is 32.9. The number of benzene rings is 1. The summed E-state index contributed by atoms with van der Waals surface area (Å²) in [5, 5.41) is 7.30. The summed E-state index contributed by atoms with van der Waals surface area (Å²) >= 11 is 1.26. The highest BCUT2D eigenvalue weighted by Gasteiger charge is 2.16. The van der Waals surface area contributed by atoms with Gasteiger partial charge in [0.05, 0.1) is 18.5 Å². The highest BCUT2D eigenvalue weighted by atomic mass is 32.1. The van der Waals surface area contributed by atoms with Crippen molar-refractivity contribution in [2.24, 2.45) is 0 Å². The largest absolute Gasteiger partial charge is 0.494 e. The molecule has 27 heavy (non-hydrogen) atoms. The Labute approximate surface area is 160 Å². The van der Waals surface area contributed by atoms with E-state index in [1.54, 1.807) is 11.4 Å². The Morgan fingerprint density at radius 2 is 1.93 bits per heavy atom. The van der Waals surface area contributed by atoms with Crippen LogP contribution in [0.15, 0.2) is 54.3 Å². The zero-order chi connectivity index (χ0) is 19.1. The molecule has 1 aromatic carbocycles. The zero-order valence-electron chi connectivity index (χ0n) is 14.6. The second kappa shape index (κ2) is 8.91. The van der Waals surface area contributed by atoms with Crippen LogP contribution < -0.4 is 15.4 Å². The molecule has 8 heteroatoms. The maximum absolute atomic E-state index is 12.5. The molecular weight excluding hydrogens is 364 g/mol. The summed E-state index contributed by atoms with van der Waals surface area (Å²) in [5.41, 5.74) is 1.58. The molecule has 0 unspecified atom stereocenters. The van der Waals surface area contributed by atoms with E-state index in [2.05, 4.69) is 20.6 Å². The monoisotopic (exact) mass is 382 g/mol. The smallest absolute Gasteiger partial charge is 0.275 e. The van der Waals surface area contributed by atoms with Crippen LogP contribution in [0.2, 0.25) is 0 Å². The van der Waals surface area contributed by atoms with Gasteiger partial charge in [-0.3, -0.25) is 14.6 Å². The van der Waals surface area contributed by atoms with Gasteiger partial charge < -0.3 is 15.4 Å². The number of carbonyl (C=O) groups excluding carboxylic acids is 2. The molecule has 7 nitrogen and oxygen atoms in total. The van der Waals surface area contributed by atoms with E-state index in [-0.39, 0.29) is 11.6 Å². The molecule has 0 aliphatic rings. The van der Waals surface area contributed by atoms with Crippen molar-refractivity contribution >= 4 is 28.8 Å². The van der Waals surface area contributed by atoms with Crippen LogP contribution in [0.25, 0.3) is 0 Å². The number of ether oxygens (including phenoxy) is 1. The van der Waals surface area contributed by atoms with Crippen molar-refractivity contribution in [2.75, 3.05) is 11.9 Å². The molecule has 138 valence electrons. The molecule has 0 bridgehead atoms. The Kier molecular flexibility index (Phi) is 6.11. The minimum Gasteiger partial charge on any atom is -0.494 e. The lowest BCUT2D eigenvalue weighted by atomic mass is 10.2. The Morgan fingerprint density at radius 1 is 1.11 bits per heavy atom. The molecule has 0 aliphatic heterocycles. The van der Waals surface area contributed by atoms with Crippen molar-refractivity contribution in [1.82, 2.24) is 15.3 Å². The van der Waals surface area contributed by atoms with Gasteiger partial charge in [-0.05, 0) is 36.1 Å².